The van der Waals surface area contributed by atoms with Crippen molar-refractivity contribution in [2.24, 2.45) is 11.3 Å². The Hall–Kier alpha value is -2.61. The summed E-state index contributed by atoms with van der Waals surface area (Å²) in [5.74, 6) is 0.381. The molecule has 2 heteroatoms. The van der Waals surface area contributed by atoms with E-state index in [1.54, 1.807) is 0 Å². The van der Waals surface area contributed by atoms with Crippen molar-refractivity contribution < 1.29 is 4.79 Å². The molecule has 1 saturated heterocycles. The molecule has 1 aliphatic carbocycles. The summed E-state index contributed by atoms with van der Waals surface area (Å²) in [6.07, 6.45) is 8.34. The average molecular weight is 315 g/mol. The first kappa shape index (κ1) is 14.9. The number of carbonyl (C=O) groups is 1. The summed E-state index contributed by atoms with van der Waals surface area (Å²) in [5.41, 5.74) is 1.92. The summed E-state index contributed by atoms with van der Waals surface area (Å²) in [6.45, 7) is 2.72. The van der Waals surface area contributed by atoms with E-state index in [4.69, 9.17) is 0 Å². The van der Waals surface area contributed by atoms with Crippen LogP contribution in [0.15, 0.2) is 85.0 Å². The molecule has 120 valence electrons. The van der Waals surface area contributed by atoms with Crippen LogP contribution in [0.2, 0.25) is 0 Å². The average Bonchev–Trinajstić information content (AvgIpc) is 2.85. The zero-order valence-electron chi connectivity index (χ0n) is 13.8. The number of nitrogens with zero attached hydrogens (tertiary/aromatic N) is 1. The van der Waals surface area contributed by atoms with E-state index < -0.39 is 5.41 Å². The van der Waals surface area contributed by atoms with E-state index in [1.807, 2.05) is 30.3 Å². The Bertz CT molecular complexity index is 793. The van der Waals surface area contributed by atoms with Gasteiger partial charge in [-0.1, -0.05) is 85.0 Å². The first-order chi connectivity index (χ1) is 11.7. The zero-order valence-corrected chi connectivity index (χ0v) is 13.8. The Kier molecular flexibility index (Phi) is 3.61. The highest BCUT2D eigenvalue weighted by Gasteiger charge is 2.54. The van der Waals surface area contributed by atoms with E-state index in [2.05, 4.69) is 66.4 Å². The number of rotatable bonds is 3. The lowest BCUT2D eigenvalue weighted by molar-refractivity contribution is -0.135. The predicted octanol–water partition coefficient (Wildman–Crippen LogP) is 4.52. The molecule has 2 aliphatic rings. The van der Waals surface area contributed by atoms with Crippen LogP contribution in [0.4, 0.5) is 0 Å². The standard InChI is InChI=1S/C22H21NO/c1-22-15-9-8-14-19(22)20(18-12-6-3-7-13-18)23(21(22)24)16-17-10-4-2-5-11-17/h2-15,19-20H,16H2,1H3/t19-,20-,22-/m0/s1. The van der Waals surface area contributed by atoms with Crippen molar-refractivity contribution in [3.63, 3.8) is 0 Å². The first-order valence-corrected chi connectivity index (χ1v) is 8.46. The van der Waals surface area contributed by atoms with Crippen molar-refractivity contribution in [3.05, 3.63) is 96.1 Å². The summed E-state index contributed by atoms with van der Waals surface area (Å²) in [5, 5.41) is 0. The monoisotopic (exact) mass is 315 g/mol. The Morgan fingerprint density at radius 3 is 2.33 bits per heavy atom. The lowest BCUT2D eigenvalue weighted by Crippen LogP contribution is -2.33. The molecular weight excluding hydrogens is 294 g/mol. The van der Waals surface area contributed by atoms with E-state index in [-0.39, 0.29) is 17.9 Å². The molecule has 0 bridgehead atoms. The maximum atomic E-state index is 13.3. The molecule has 2 aromatic carbocycles. The van der Waals surface area contributed by atoms with Gasteiger partial charge < -0.3 is 4.90 Å². The van der Waals surface area contributed by atoms with Crippen LogP contribution in [-0.4, -0.2) is 10.8 Å². The highest BCUT2D eigenvalue weighted by atomic mass is 16.2. The van der Waals surface area contributed by atoms with E-state index in [1.165, 1.54) is 11.1 Å². The van der Waals surface area contributed by atoms with Gasteiger partial charge in [0.25, 0.3) is 0 Å². The van der Waals surface area contributed by atoms with Gasteiger partial charge in [-0.15, -0.1) is 0 Å². The van der Waals surface area contributed by atoms with Crippen molar-refractivity contribution >= 4 is 5.91 Å². The second kappa shape index (κ2) is 5.79. The van der Waals surface area contributed by atoms with Crippen LogP contribution < -0.4 is 0 Å². The molecule has 1 amide bonds. The topological polar surface area (TPSA) is 20.3 Å². The highest BCUT2D eigenvalue weighted by Crippen LogP contribution is 2.52. The van der Waals surface area contributed by atoms with Crippen molar-refractivity contribution in [1.29, 1.82) is 0 Å². The molecule has 1 aliphatic heterocycles. The molecule has 0 saturated carbocycles. The summed E-state index contributed by atoms with van der Waals surface area (Å²) < 4.78 is 0. The molecule has 1 heterocycles. The molecule has 3 atom stereocenters. The Morgan fingerprint density at radius 1 is 0.958 bits per heavy atom. The van der Waals surface area contributed by atoms with Gasteiger partial charge in [0.1, 0.15) is 0 Å². The molecule has 24 heavy (non-hydrogen) atoms. The maximum Gasteiger partial charge on any atom is 0.233 e. The van der Waals surface area contributed by atoms with Crippen LogP contribution in [0.25, 0.3) is 0 Å². The third-order valence-electron chi connectivity index (χ3n) is 5.30. The van der Waals surface area contributed by atoms with E-state index in [0.29, 0.717) is 6.54 Å². The van der Waals surface area contributed by atoms with Crippen LogP contribution in [0, 0.1) is 11.3 Å². The van der Waals surface area contributed by atoms with Gasteiger partial charge in [0.2, 0.25) is 5.91 Å². The second-order valence-corrected chi connectivity index (χ2v) is 6.83. The van der Waals surface area contributed by atoms with Gasteiger partial charge >= 0.3 is 0 Å². The summed E-state index contributed by atoms with van der Waals surface area (Å²) in [6, 6.07) is 20.7. The Labute approximate surface area is 143 Å². The molecule has 1 fully saturated rings. The van der Waals surface area contributed by atoms with Crippen molar-refractivity contribution in [1.82, 2.24) is 4.90 Å². The minimum absolute atomic E-state index is 0.0742. The van der Waals surface area contributed by atoms with Crippen LogP contribution in [0.1, 0.15) is 24.1 Å². The second-order valence-electron chi connectivity index (χ2n) is 6.83. The molecule has 0 N–H and O–H groups in total. The van der Waals surface area contributed by atoms with Gasteiger partial charge in [0.05, 0.1) is 11.5 Å². The number of carbonyl (C=O) groups excluding carboxylic acids is 1. The number of likely N-dealkylation sites (tertiary alicyclic amines) is 1. The Morgan fingerprint density at radius 2 is 1.62 bits per heavy atom. The molecule has 0 unspecified atom stereocenters. The Balaban J connectivity index is 1.78. The third-order valence-corrected chi connectivity index (χ3v) is 5.30. The van der Waals surface area contributed by atoms with E-state index >= 15 is 0 Å². The van der Waals surface area contributed by atoms with Crippen LogP contribution in [0.5, 0.6) is 0 Å². The number of hydrogen-bond donors (Lipinski definition) is 0. The molecule has 4 rings (SSSR count). The van der Waals surface area contributed by atoms with Crippen molar-refractivity contribution in [2.75, 3.05) is 0 Å². The van der Waals surface area contributed by atoms with Gasteiger partial charge in [0.15, 0.2) is 0 Å². The molecule has 0 spiro atoms. The predicted molar refractivity (Wildman–Crippen MR) is 96.1 cm³/mol. The number of fused-ring (bicyclic) bond motifs is 1. The number of allylic oxidation sites excluding steroid dienone is 2. The van der Waals surface area contributed by atoms with Gasteiger partial charge in [-0.2, -0.15) is 0 Å². The van der Waals surface area contributed by atoms with E-state index in [9.17, 15) is 4.79 Å². The van der Waals surface area contributed by atoms with Gasteiger partial charge in [-0.25, -0.2) is 0 Å². The highest BCUT2D eigenvalue weighted by molar-refractivity contribution is 5.88. The number of amides is 1. The summed E-state index contributed by atoms with van der Waals surface area (Å²) in [4.78, 5) is 15.3. The fraction of sp³-hybridized carbons (Fsp3) is 0.227. The molecule has 2 nitrogen and oxygen atoms in total. The quantitative estimate of drug-likeness (QED) is 0.815. The summed E-state index contributed by atoms with van der Waals surface area (Å²) >= 11 is 0. The maximum absolute atomic E-state index is 13.3. The SMILES string of the molecule is C[C@]12C=CC=C[C@H]1[C@H](c1ccccc1)N(Cc1ccccc1)C2=O. The zero-order chi connectivity index (χ0) is 16.6. The fourth-order valence-electron chi connectivity index (χ4n) is 4.01. The lowest BCUT2D eigenvalue weighted by Gasteiger charge is -2.29. The van der Waals surface area contributed by atoms with Crippen LogP contribution in [-0.2, 0) is 11.3 Å². The molecular formula is C22H21NO. The number of hydrogen-bond acceptors (Lipinski definition) is 1. The molecule has 0 radical (unpaired) electrons. The summed E-state index contributed by atoms with van der Waals surface area (Å²) in [7, 11) is 0. The van der Waals surface area contributed by atoms with Crippen LogP contribution in [0.3, 0.4) is 0 Å². The minimum Gasteiger partial charge on any atom is -0.330 e. The molecule has 2 aromatic rings. The van der Waals surface area contributed by atoms with Crippen molar-refractivity contribution in [3.8, 4) is 0 Å². The van der Waals surface area contributed by atoms with Gasteiger partial charge in [0, 0.05) is 12.5 Å². The number of benzene rings is 2. The minimum atomic E-state index is -0.454. The van der Waals surface area contributed by atoms with Gasteiger partial charge in [-0.3, -0.25) is 4.79 Å². The smallest absolute Gasteiger partial charge is 0.233 e. The first-order valence-electron chi connectivity index (χ1n) is 8.46. The largest absolute Gasteiger partial charge is 0.330 e. The molecule has 0 aromatic heterocycles. The van der Waals surface area contributed by atoms with Crippen molar-refractivity contribution in [2.45, 2.75) is 19.5 Å². The third kappa shape index (κ3) is 2.30. The lowest BCUT2D eigenvalue weighted by atomic mass is 9.73. The van der Waals surface area contributed by atoms with E-state index in [0.717, 1.165) is 0 Å². The fourth-order valence-corrected chi connectivity index (χ4v) is 4.01. The normalized spacial score (nSPS) is 28.2. The van der Waals surface area contributed by atoms with Gasteiger partial charge in [-0.05, 0) is 18.1 Å². The van der Waals surface area contributed by atoms with Crippen LogP contribution >= 0.6 is 0 Å².